The van der Waals surface area contributed by atoms with Gasteiger partial charge in [-0.15, -0.1) is 0 Å². The summed E-state index contributed by atoms with van der Waals surface area (Å²) >= 11 is 3.16. The summed E-state index contributed by atoms with van der Waals surface area (Å²) in [6, 6.07) is 2.89. The van der Waals surface area contributed by atoms with E-state index in [1.165, 1.54) is 13.0 Å². The first-order valence-electron chi connectivity index (χ1n) is 6.09. The third-order valence-electron chi connectivity index (χ3n) is 2.60. The van der Waals surface area contributed by atoms with Gasteiger partial charge >= 0.3 is 5.69 Å². The van der Waals surface area contributed by atoms with Crippen molar-refractivity contribution in [2.75, 3.05) is 6.61 Å². The molecule has 0 heterocycles. The molecule has 0 aliphatic heterocycles. The van der Waals surface area contributed by atoms with Crippen LogP contribution in [-0.2, 0) is 0 Å². The standard InChI is InChI=1S/C13H16BrNO4/c1-3-4-5-6-19-13-11(9(2)16)7-10(14)8-12(13)15(17)18/h7-8H,3-6H2,1-2H3. The normalized spacial score (nSPS) is 10.3. The van der Waals surface area contributed by atoms with E-state index in [0.717, 1.165) is 19.3 Å². The molecule has 19 heavy (non-hydrogen) atoms. The average Bonchev–Trinajstić information content (AvgIpc) is 2.34. The summed E-state index contributed by atoms with van der Waals surface area (Å²) < 4.78 is 5.96. The molecule has 1 aromatic rings. The van der Waals surface area contributed by atoms with Crippen LogP contribution in [0.4, 0.5) is 5.69 Å². The van der Waals surface area contributed by atoms with Gasteiger partial charge in [0.15, 0.2) is 5.78 Å². The summed E-state index contributed by atoms with van der Waals surface area (Å²) in [7, 11) is 0. The Morgan fingerprint density at radius 3 is 2.63 bits per heavy atom. The topological polar surface area (TPSA) is 69.4 Å². The Morgan fingerprint density at radius 2 is 2.11 bits per heavy atom. The number of ketones is 1. The van der Waals surface area contributed by atoms with E-state index in [1.54, 1.807) is 6.07 Å². The second kappa shape index (κ2) is 7.23. The van der Waals surface area contributed by atoms with Gasteiger partial charge < -0.3 is 4.74 Å². The Hall–Kier alpha value is -1.43. The number of benzene rings is 1. The Balaban J connectivity index is 3.09. The quantitative estimate of drug-likeness (QED) is 0.326. The first-order chi connectivity index (χ1) is 8.97. The van der Waals surface area contributed by atoms with Crippen LogP contribution >= 0.6 is 15.9 Å². The number of nitro benzene ring substituents is 1. The molecule has 0 unspecified atom stereocenters. The van der Waals surface area contributed by atoms with Crippen molar-refractivity contribution < 1.29 is 14.5 Å². The van der Waals surface area contributed by atoms with Gasteiger partial charge in [-0.3, -0.25) is 14.9 Å². The summed E-state index contributed by atoms with van der Waals surface area (Å²) in [4.78, 5) is 22.1. The number of nitrogens with zero attached hydrogens (tertiary/aromatic N) is 1. The van der Waals surface area contributed by atoms with Crippen molar-refractivity contribution in [1.29, 1.82) is 0 Å². The fourth-order valence-electron chi connectivity index (χ4n) is 1.65. The lowest BCUT2D eigenvalue weighted by Gasteiger charge is -2.10. The van der Waals surface area contributed by atoms with E-state index in [4.69, 9.17) is 4.74 Å². The average molecular weight is 330 g/mol. The lowest BCUT2D eigenvalue weighted by Crippen LogP contribution is -2.06. The molecule has 0 aromatic heterocycles. The van der Waals surface area contributed by atoms with Gasteiger partial charge in [-0.1, -0.05) is 35.7 Å². The van der Waals surface area contributed by atoms with Crippen LogP contribution in [0.2, 0.25) is 0 Å². The molecule has 1 aromatic carbocycles. The van der Waals surface area contributed by atoms with Crippen molar-refractivity contribution in [2.24, 2.45) is 0 Å². The third kappa shape index (κ3) is 4.31. The van der Waals surface area contributed by atoms with Crippen LogP contribution in [0, 0.1) is 10.1 Å². The Morgan fingerprint density at radius 1 is 1.42 bits per heavy atom. The van der Waals surface area contributed by atoms with E-state index < -0.39 is 4.92 Å². The monoisotopic (exact) mass is 329 g/mol. The molecule has 0 radical (unpaired) electrons. The first-order valence-corrected chi connectivity index (χ1v) is 6.88. The molecule has 0 bridgehead atoms. The Labute approximate surface area is 120 Å². The number of rotatable bonds is 7. The molecule has 104 valence electrons. The smallest absolute Gasteiger partial charge is 0.312 e. The van der Waals surface area contributed by atoms with Gasteiger partial charge in [0.2, 0.25) is 5.75 Å². The molecule has 0 amide bonds. The molecule has 0 N–H and O–H groups in total. The second-order valence-electron chi connectivity index (χ2n) is 4.17. The highest BCUT2D eigenvalue weighted by molar-refractivity contribution is 9.10. The number of ether oxygens (including phenoxy) is 1. The van der Waals surface area contributed by atoms with Crippen LogP contribution in [0.5, 0.6) is 5.75 Å². The largest absolute Gasteiger partial charge is 0.486 e. The Bertz CT molecular complexity index is 453. The van der Waals surface area contributed by atoms with Gasteiger partial charge in [-0.2, -0.15) is 0 Å². The number of hydrogen-bond donors (Lipinski definition) is 0. The van der Waals surface area contributed by atoms with Gasteiger partial charge in [0.25, 0.3) is 0 Å². The maximum absolute atomic E-state index is 11.6. The highest BCUT2D eigenvalue weighted by Gasteiger charge is 2.23. The molecular weight excluding hydrogens is 314 g/mol. The molecule has 0 spiro atoms. The molecule has 0 saturated heterocycles. The zero-order chi connectivity index (χ0) is 14.4. The van der Waals surface area contributed by atoms with Crippen LogP contribution < -0.4 is 4.74 Å². The molecular formula is C13H16BrNO4. The van der Waals surface area contributed by atoms with E-state index >= 15 is 0 Å². The minimum absolute atomic E-state index is 0.0665. The highest BCUT2D eigenvalue weighted by atomic mass is 79.9. The number of nitro groups is 1. The molecule has 0 atom stereocenters. The predicted octanol–water partition coefficient (Wildman–Crippen LogP) is 4.13. The first kappa shape index (κ1) is 15.6. The summed E-state index contributed by atoms with van der Waals surface area (Å²) in [5.41, 5.74) is 0.0497. The number of unbranched alkanes of at least 4 members (excludes halogenated alkanes) is 2. The maximum Gasteiger partial charge on any atom is 0.312 e. The van der Waals surface area contributed by atoms with Crippen LogP contribution in [-0.4, -0.2) is 17.3 Å². The number of Topliss-reactive ketones (excluding diaryl/α,β-unsaturated/α-hetero) is 1. The van der Waals surface area contributed by atoms with E-state index in [9.17, 15) is 14.9 Å². The zero-order valence-corrected chi connectivity index (χ0v) is 12.5. The molecule has 5 nitrogen and oxygen atoms in total. The van der Waals surface area contributed by atoms with E-state index in [2.05, 4.69) is 22.9 Å². The van der Waals surface area contributed by atoms with E-state index in [1.807, 2.05) is 0 Å². The minimum Gasteiger partial charge on any atom is -0.486 e. The van der Waals surface area contributed by atoms with Gasteiger partial charge in [0.05, 0.1) is 17.1 Å². The summed E-state index contributed by atoms with van der Waals surface area (Å²) in [5.74, 6) is -0.188. The van der Waals surface area contributed by atoms with Gasteiger partial charge in [0, 0.05) is 10.5 Å². The second-order valence-corrected chi connectivity index (χ2v) is 5.09. The number of hydrogen-bond acceptors (Lipinski definition) is 4. The number of carbonyl (C=O) groups is 1. The van der Waals surface area contributed by atoms with Crippen molar-refractivity contribution in [3.63, 3.8) is 0 Å². The highest BCUT2D eigenvalue weighted by Crippen LogP contribution is 2.35. The van der Waals surface area contributed by atoms with E-state index in [-0.39, 0.29) is 22.8 Å². The van der Waals surface area contributed by atoms with Crippen molar-refractivity contribution in [3.05, 3.63) is 32.3 Å². The van der Waals surface area contributed by atoms with Crippen LogP contribution in [0.25, 0.3) is 0 Å². The fourth-order valence-corrected chi connectivity index (χ4v) is 2.10. The fraction of sp³-hybridized carbons (Fsp3) is 0.462. The molecule has 6 heteroatoms. The molecule has 0 aliphatic rings. The Kier molecular flexibility index (Phi) is 5.95. The van der Waals surface area contributed by atoms with Crippen LogP contribution in [0.3, 0.4) is 0 Å². The molecule has 0 aliphatic carbocycles. The van der Waals surface area contributed by atoms with Crippen molar-refractivity contribution in [3.8, 4) is 5.75 Å². The van der Waals surface area contributed by atoms with Gasteiger partial charge in [0.1, 0.15) is 0 Å². The van der Waals surface area contributed by atoms with Crippen LogP contribution in [0.15, 0.2) is 16.6 Å². The van der Waals surface area contributed by atoms with Gasteiger partial charge in [-0.05, 0) is 19.4 Å². The SMILES string of the molecule is CCCCCOc1c(C(C)=O)cc(Br)cc1[N+](=O)[O-]. The van der Waals surface area contributed by atoms with Crippen molar-refractivity contribution in [2.45, 2.75) is 33.1 Å². The lowest BCUT2D eigenvalue weighted by atomic mass is 10.1. The molecule has 0 saturated carbocycles. The van der Waals surface area contributed by atoms with Crippen molar-refractivity contribution >= 4 is 27.4 Å². The number of carbonyl (C=O) groups excluding carboxylic acids is 1. The summed E-state index contributed by atoms with van der Waals surface area (Å²) in [5, 5.41) is 11.0. The summed E-state index contributed by atoms with van der Waals surface area (Å²) in [6.45, 7) is 3.80. The van der Waals surface area contributed by atoms with Crippen LogP contribution in [0.1, 0.15) is 43.5 Å². The lowest BCUT2D eigenvalue weighted by molar-refractivity contribution is -0.386. The maximum atomic E-state index is 11.6. The zero-order valence-electron chi connectivity index (χ0n) is 10.9. The third-order valence-corrected chi connectivity index (χ3v) is 3.06. The molecule has 0 fully saturated rings. The van der Waals surface area contributed by atoms with Crippen molar-refractivity contribution in [1.82, 2.24) is 0 Å². The van der Waals surface area contributed by atoms with Gasteiger partial charge in [-0.25, -0.2) is 0 Å². The van der Waals surface area contributed by atoms with E-state index in [0.29, 0.717) is 11.1 Å². The summed E-state index contributed by atoms with van der Waals surface area (Å²) in [6.07, 6.45) is 2.83. The minimum atomic E-state index is -0.535. The molecule has 1 rings (SSSR count). The predicted molar refractivity (Wildman–Crippen MR) is 75.8 cm³/mol. The number of halogens is 1.